The molecule has 0 aliphatic rings. The minimum Gasteiger partial charge on any atom is -0.493 e. The second kappa shape index (κ2) is 18.3. The van der Waals surface area contributed by atoms with Crippen LogP contribution in [0, 0.1) is 0 Å². The molecule has 0 aliphatic carbocycles. The van der Waals surface area contributed by atoms with Crippen LogP contribution >= 0.6 is 0 Å². The molecular weight excluding hydrogens is 524 g/mol. The third-order valence-electron chi connectivity index (χ3n) is 5.80. The molecule has 0 radical (unpaired) electrons. The number of aliphatic hydroxyl groups is 2. The topological polar surface area (TPSA) is 112 Å². The number of hydrogen-bond acceptors (Lipinski definition) is 8. The maximum Gasteiger partial charge on any atom is 0.335 e. The van der Waals surface area contributed by atoms with Crippen LogP contribution < -0.4 is 18.9 Å². The van der Waals surface area contributed by atoms with Crippen molar-refractivity contribution >= 4 is 11.9 Å². The summed E-state index contributed by atoms with van der Waals surface area (Å²) in [6.45, 7) is 11.6. The minimum absolute atomic E-state index is 0.0384. The Balaban J connectivity index is 2.68. The standard InChI is InChI=1S/C33H40O8/c1-5-11-26-28(40-30(36)13-7-3)17-15-24(32(26)38-21-9-19-34)23-25-16-18-29(41-31(37)14-8-4)27(12-6-2)33(25)39-22-10-20-35/h5-8,13-18,34-35H,1-2,9-12,19-23H2,3-4H3. The Morgan fingerprint density at radius 3 is 1.49 bits per heavy atom. The zero-order valence-corrected chi connectivity index (χ0v) is 23.9. The van der Waals surface area contributed by atoms with Crippen LogP contribution in [0.1, 0.15) is 48.9 Å². The Kier molecular flexibility index (Phi) is 14.7. The second-order valence-electron chi connectivity index (χ2n) is 8.92. The normalized spacial score (nSPS) is 11.0. The number of carbonyl (C=O) groups excluding carboxylic acids is 2. The fourth-order valence-corrected chi connectivity index (χ4v) is 4.06. The Bertz CT molecular complexity index is 1150. The Labute approximate surface area is 242 Å². The molecule has 2 aromatic rings. The zero-order chi connectivity index (χ0) is 30.0. The van der Waals surface area contributed by atoms with Gasteiger partial charge in [0.25, 0.3) is 0 Å². The average Bonchev–Trinajstić information content (AvgIpc) is 2.94. The van der Waals surface area contributed by atoms with E-state index in [1.54, 1.807) is 50.3 Å². The molecule has 0 atom stereocenters. The van der Waals surface area contributed by atoms with E-state index >= 15 is 0 Å². The van der Waals surface area contributed by atoms with Gasteiger partial charge in [-0.3, -0.25) is 0 Å². The first-order valence-corrected chi connectivity index (χ1v) is 13.6. The summed E-state index contributed by atoms with van der Waals surface area (Å²) in [5, 5.41) is 18.7. The van der Waals surface area contributed by atoms with Crippen molar-refractivity contribution in [3.63, 3.8) is 0 Å². The minimum atomic E-state index is -0.511. The lowest BCUT2D eigenvalue weighted by Crippen LogP contribution is -2.12. The van der Waals surface area contributed by atoms with Gasteiger partial charge in [-0.15, -0.1) is 13.2 Å². The summed E-state index contributed by atoms with van der Waals surface area (Å²) < 4.78 is 23.5. The molecule has 41 heavy (non-hydrogen) atoms. The van der Waals surface area contributed by atoms with E-state index in [-0.39, 0.29) is 26.4 Å². The summed E-state index contributed by atoms with van der Waals surface area (Å²) in [6.07, 6.45) is 11.2. The first-order chi connectivity index (χ1) is 19.9. The molecule has 0 aromatic heterocycles. The van der Waals surface area contributed by atoms with E-state index in [2.05, 4.69) is 13.2 Å². The van der Waals surface area contributed by atoms with E-state index in [1.165, 1.54) is 12.2 Å². The lowest BCUT2D eigenvalue weighted by atomic mass is 9.95. The molecule has 2 aromatic carbocycles. The van der Waals surface area contributed by atoms with Crippen LogP contribution in [-0.4, -0.2) is 48.6 Å². The molecule has 0 bridgehead atoms. The lowest BCUT2D eigenvalue weighted by Gasteiger charge is -2.21. The van der Waals surface area contributed by atoms with Crippen LogP contribution in [-0.2, 0) is 28.9 Å². The van der Waals surface area contributed by atoms with Crippen molar-refractivity contribution < 1.29 is 38.7 Å². The van der Waals surface area contributed by atoms with Gasteiger partial charge >= 0.3 is 11.9 Å². The van der Waals surface area contributed by atoms with Crippen LogP contribution in [0.2, 0.25) is 0 Å². The average molecular weight is 565 g/mol. The summed E-state index contributed by atoms with van der Waals surface area (Å²) in [4.78, 5) is 24.5. The maximum absolute atomic E-state index is 12.2. The molecule has 0 fully saturated rings. The predicted molar refractivity (Wildman–Crippen MR) is 159 cm³/mol. The molecule has 0 aliphatic heterocycles. The van der Waals surface area contributed by atoms with Crippen LogP contribution in [0.15, 0.2) is 73.9 Å². The Morgan fingerprint density at radius 2 is 1.15 bits per heavy atom. The molecule has 8 nitrogen and oxygen atoms in total. The lowest BCUT2D eigenvalue weighted by molar-refractivity contribution is -0.129. The van der Waals surface area contributed by atoms with Crippen molar-refractivity contribution in [2.24, 2.45) is 0 Å². The van der Waals surface area contributed by atoms with E-state index in [9.17, 15) is 19.8 Å². The molecule has 2 N–H and O–H groups in total. The van der Waals surface area contributed by atoms with Crippen molar-refractivity contribution in [2.75, 3.05) is 26.4 Å². The van der Waals surface area contributed by atoms with Gasteiger partial charge in [-0.25, -0.2) is 9.59 Å². The van der Waals surface area contributed by atoms with Gasteiger partial charge in [0.2, 0.25) is 0 Å². The summed E-state index contributed by atoms with van der Waals surface area (Å²) in [7, 11) is 0. The van der Waals surface area contributed by atoms with Crippen molar-refractivity contribution in [3.05, 3.63) is 96.1 Å². The Hall–Kier alpha value is -4.14. The van der Waals surface area contributed by atoms with E-state index in [0.717, 1.165) is 11.1 Å². The first kappa shape index (κ1) is 33.1. The molecular formula is C33H40O8. The van der Waals surface area contributed by atoms with Gasteiger partial charge in [-0.1, -0.05) is 36.4 Å². The summed E-state index contributed by atoms with van der Waals surface area (Å²) in [6, 6.07) is 7.09. The quantitative estimate of drug-likeness (QED) is 0.0834. The number of aliphatic hydroxyl groups excluding tert-OH is 2. The van der Waals surface area contributed by atoms with Gasteiger partial charge in [0.05, 0.1) is 13.2 Å². The summed E-state index contributed by atoms with van der Waals surface area (Å²) >= 11 is 0. The van der Waals surface area contributed by atoms with Crippen molar-refractivity contribution in [2.45, 2.75) is 46.0 Å². The van der Waals surface area contributed by atoms with Gasteiger partial charge in [-0.05, 0) is 49.9 Å². The third-order valence-corrected chi connectivity index (χ3v) is 5.80. The van der Waals surface area contributed by atoms with Crippen molar-refractivity contribution in [1.82, 2.24) is 0 Å². The molecule has 8 heteroatoms. The molecule has 2 rings (SSSR count). The van der Waals surface area contributed by atoms with Crippen molar-refractivity contribution in [3.8, 4) is 23.0 Å². The van der Waals surface area contributed by atoms with Crippen molar-refractivity contribution in [1.29, 1.82) is 0 Å². The predicted octanol–water partition coefficient (Wildman–Crippen LogP) is 5.22. The van der Waals surface area contributed by atoms with Gasteiger partial charge < -0.3 is 29.2 Å². The van der Waals surface area contributed by atoms with Crippen LogP contribution in [0.3, 0.4) is 0 Å². The Morgan fingerprint density at radius 1 is 0.732 bits per heavy atom. The molecule has 0 saturated heterocycles. The van der Waals surface area contributed by atoms with E-state index in [0.29, 0.717) is 66.2 Å². The number of rotatable bonds is 18. The number of allylic oxidation sites excluding steroid dienone is 4. The number of esters is 2. The number of benzene rings is 2. The highest BCUT2D eigenvalue weighted by atomic mass is 16.5. The van der Waals surface area contributed by atoms with E-state index in [4.69, 9.17) is 18.9 Å². The number of ether oxygens (including phenoxy) is 4. The molecule has 0 heterocycles. The highest BCUT2D eigenvalue weighted by molar-refractivity contribution is 5.85. The first-order valence-electron chi connectivity index (χ1n) is 13.6. The molecule has 220 valence electrons. The van der Waals surface area contributed by atoms with Crippen LogP contribution in [0.4, 0.5) is 0 Å². The highest BCUT2D eigenvalue weighted by Gasteiger charge is 2.21. The summed E-state index contributed by atoms with van der Waals surface area (Å²) in [5.74, 6) is 0.744. The summed E-state index contributed by atoms with van der Waals surface area (Å²) in [5.41, 5.74) is 2.89. The molecule has 0 unspecified atom stereocenters. The fourth-order valence-electron chi connectivity index (χ4n) is 4.06. The second-order valence-corrected chi connectivity index (χ2v) is 8.92. The van der Waals surface area contributed by atoms with E-state index < -0.39 is 11.9 Å². The molecule has 0 saturated carbocycles. The van der Waals surface area contributed by atoms with Gasteiger partial charge in [0.1, 0.15) is 23.0 Å². The fraction of sp³-hybridized carbons (Fsp3) is 0.333. The van der Waals surface area contributed by atoms with Gasteiger partial charge in [-0.2, -0.15) is 0 Å². The van der Waals surface area contributed by atoms with Gasteiger partial charge in [0.15, 0.2) is 0 Å². The number of carbonyl (C=O) groups is 2. The molecule has 0 spiro atoms. The highest BCUT2D eigenvalue weighted by Crippen LogP contribution is 2.39. The van der Waals surface area contributed by atoms with Gasteiger partial charge in [0, 0.05) is 55.8 Å². The monoisotopic (exact) mass is 564 g/mol. The maximum atomic E-state index is 12.2. The largest absolute Gasteiger partial charge is 0.493 e. The van der Waals surface area contributed by atoms with E-state index in [1.807, 2.05) is 12.1 Å². The smallest absolute Gasteiger partial charge is 0.335 e. The van der Waals surface area contributed by atoms with Crippen LogP contribution in [0.5, 0.6) is 23.0 Å². The number of hydrogen-bond donors (Lipinski definition) is 2. The molecule has 0 amide bonds. The zero-order valence-electron chi connectivity index (χ0n) is 23.9. The third kappa shape index (κ3) is 10.1. The van der Waals surface area contributed by atoms with Crippen LogP contribution in [0.25, 0.3) is 0 Å². The SMILES string of the molecule is C=CCc1c(OC(=O)C=CC)ccc(Cc2ccc(OC(=O)C=CC)c(CC=C)c2OCCCO)c1OCCCO.